The molecular formula is C11H13Cl3O2S. The lowest BCUT2D eigenvalue weighted by molar-refractivity contribution is 0.544. The summed E-state index contributed by atoms with van der Waals surface area (Å²) in [6.07, 6.45) is 1.17. The van der Waals surface area contributed by atoms with Crippen LogP contribution in [0.1, 0.15) is 24.8 Å². The van der Waals surface area contributed by atoms with Crippen molar-refractivity contribution in [1.29, 1.82) is 0 Å². The van der Waals surface area contributed by atoms with Gasteiger partial charge >= 0.3 is 0 Å². The van der Waals surface area contributed by atoms with Crippen molar-refractivity contribution in [2.75, 3.05) is 6.26 Å². The Labute approximate surface area is 117 Å². The van der Waals surface area contributed by atoms with Crippen molar-refractivity contribution < 1.29 is 8.42 Å². The van der Waals surface area contributed by atoms with Crippen molar-refractivity contribution in [3.8, 4) is 0 Å². The molecule has 1 aromatic rings. The van der Waals surface area contributed by atoms with Gasteiger partial charge in [-0.2, -0.15) is 0 Å². The molecule has 0 fully saturated rings. The van der Waals surface area contributed by atoms with E-state index < -0.39 is 20.0 Å². The summed E-state index contributed by atoms with van der Waals surface area (Å²) < 4.78 is 22.3. The first kappa shape index (κ1) is 15.1. The molecule has 0 spiro atoms. The van der Waals surface area contributed by atoms with Gasteiger partial charge in [0.2, 0.25) is 0 Å². The number of hydrogen-bond acceptors (Lipinski definition) is 2. The molecule has 0 aliphatic carbocycles. The highest BCUT2D eigenvalue weighted by atomic mass is 35.5. The standard InChI is InChI=1S/C11H13Cl3O2S/c1-11(2,17(3,15)16)10(14)7-4-5-8(12)9(13)6-7/h4-6,10H,1-3H3. The zero-order chi connectivity index (χ0) is 13.4. The molecule has 0 amide bonds. The molecule has 17 heavy (non-hydrogen) atoms. The van der Waals surface area contributed by atoms with E-state index in [0.717, 1.165) is 0 Å². The molecule has 1 rings (SSSR count). The molecule has 0 N–H and O–H groups in total. The van der Waals surface area contributed by atoms with Crippen molar-refractivity contribution in [1.82, 2.24) is 0 Å². The van der Waals surface area contributed by atoms with E-state index in [1.807, 2.05) is 0 Å². The van der Waals surface area contributed by atoms with E-state index in [2.05, 4.69) is 0 Å². The Hall–Kier alpha value is 0.0400. The Morgan fingerprint density at radius 3 is 2.12 bits per heavy atom. The first-order valence-electron chi connectivity index (χ1n) is 4.86. The topological polar surface area (TPSA) is 34.1 Å². The third-order valence-electron chi connectivity index (χ3n) is 2.80. The van der Waals surface area contributed by atoms with Crippen LogP contribution in [-0.2, 0) is 9.84 Å². The highest BCUT2D eigenvalue weighted by Gasteiger charge is 2.38. The Morgan fingerprint density at radius 2 is 1.71 bits per heavy atom. The Bertz CT molecular complexity index is 524. The molecule has 2 nitrogen and oxygen atoms in total. The minimum Gasteiger partial charge on any atom is -0.229 e. The quantitative estimate of drug-likeness (QED) is 0.787. The van der Waals surface area contributed by atoms with Crippen LogP contribution >= 0.6 is 34.8 Å². The van der Waals surface area contributed by atoms with Crippen molar-refractivity contribution in [2.45, 2.75) is 24.0 Å². The van der Waals surface area contributed by atoms with Gasteiger partial charge in [0.05, 0.1) is 20.2 Å². The van der Waals surface area contributed by atoms with Crippen LogP contribution in [0.2, 0.25) is 10.0 Å². The molecule has 1 unspecified atom stereocenters. The zero-order valence-corrected chi connectivity index (χ0v) is 12.8. The molecule has 0 aliphatic heterocycles. The molecule has 96 valence electrons. The Morgan fingerprint density at radius 1 is 1.18 bits per heavy atom. The van der Waals surface area contributed by atoms with Crippen molar-refractivity contribution in [2.24, 2.45) is 0 Å². The van der Waals surface area contributed by atoms with Gasteiger partial charge in [-0.3, -0.25) is 0 Å². The van der Waals surface area contributed by atoms with Gasteiger partial charge in [-0.25, -0.2) is 8.42 Å². The van der Waals surface area contributed by atoms with Crippen LogP contribution in [0.4, 0.5) is 0 Å². The first-order valence-corrected chi connectivity index (χ1v) is 7.94. The third-order valence-corrected chi connectivity index (χ3v) is 6.62. The fourth-order valence-corrected chi connectivity index (χ4v) is 2.70. The van der Waals surface area contributed by atoms with Crippen LogP contribution in [0.5, 0.6) is 0 Å². The lowest BCUT2D eigenvalue weighted by atomic mass is 10.0. The van der Waals surface area contributed by atoms with E-state index in [-0.39, 0.29) is 0 Å². The molecule has 0 saturated heterocycles. The van der Waals surface area contributed by atoms with E-state index in [1.54, 1.807) is 32.0 Å². The molecule has 1 atom stereocenters. The van der Waals surface area contributed by atoms with E-state index in [0.29, 0.717) is 15.6 Å². The second-order valence-electron chi connectivity index (χ2n) is 4.41. The number of hydrogen-bond donors (Lipinski definition) is 0. The van der Waals surface area contributed by atoms with Gasteiger partial charge in [0.15, 0.2) is 9.84 Å². The Balaban J connectivity index is 3.21. The predicted octanol–water partition coefficient (Wildman–Crippen LogP) is 4.10. The van der Waals surface area contributed by atoms with E-state index >= 15 is 0 Å². The average molecular weight is 316 g/mol. The number of alkyl halides is 1. The number of halogens is 3. The minimum atomic E-state index is -3.28. The van der Waals surface area contributed by atoms with Gasteiger partial charge < -0.3 is 0 Å². The van der Waals surface area contributed by atoms with Gasteiger partial charge in [0.1, 0.15) is 0 Å². The summed E-state index contributed by atoms with van der Waals surface area (Å²) >= 11 is 17.9. The maximum absolute atomic E-state index is 11.7. The number of rotatable bonds is 3. The van der Waals surface area contributed by atoms with Crippen LogP contribution in [-0.4, -0.2) is 19.4 Å². The largest absolute Gasteiger partial charge is 0.229 e. The summed E-state index contributed by atoms with van der Waals surface area (Å²) in [5.74, 6) is 0. The SMILES string of the molecule is CC(C)(C(Cl)c1ccc(Cl)c(Cl)c1)S(C)(=O)=O. The number of benzene rings is 1. The highest BCUT2D eigenvalue weighted by Crippen LogP contribution is 2.39. The molecule has 1 aromatic carbocycles. The molecule has 0 radical (unpaired) electrons. The summed E-state index contributed by atoms with van der Waals surface area (Å²) in [7, 11) is -3.28. The predicted molar refractivity (Wildman–Crippen MR) is 74.0 cm³/mol. The summed E-state index contributed by atoms with van der Waals surface area (Å²) in [5.41, 5.74) is 0.636. The van der Waals surface area contributed by atoms with E-state index in [1.165, 1.54) is 6.26 Å². The summed E-state index contributed by atoms with van der Waals surface area (Å²) in [4.78, 5) is 0. The fraction of sp³-hybridized carbons (Fsp3) is 0.455. The normalized spacial score (nSPS) is 14.7. The fourth-order valence-electron chi connectivity index (χ4n) is 1.26. The van der Waals surface area contributed by atoms with E-state index in [9.17, 15) is 8.42 Å². The lowest BCUT2D eigenvalue weighted by Gasteiger charge is -2.28. The van der Waals surface area contributed by atoms with Crippen molar-refractivity contribution >= 4 is 44.6 Å². The lowest BCUT2D eigenvalue weighted by Crippen LogP contribution is -2.35. The molecule has 0 heterocycles. The van der Waals surface area contributed by atoms with Crippen LogP contribution in [0.3, 0.4) is 0 Å². The van der Waals surface area contributed by atoms with E-state index in [4.69, 9.17) is 34.8 Å². The van der Waals surface area contributed by atoms with Gasteiger partial charge in [-0.1, -0.05) is 29.3 Å². The van der Waals surface area contributed by atoms with Crippen LogP contribution in [0, 0.1) is 0 Å². The third kappa shape index (κ3) is 3.08. The molecule has 0 aromatic heterocycles. The van der Waals surface area contributed by atoms with Gasteiger partial charge in [0, 0.05) is 6.26 Å². The highest BCUT2D eigenvalue weighted by molar-refractivity contribution is 7.92. The van der Waals surface area contributed by atoms with Crippen LogP contribution in [0.25, 0.3) is 0 Å². The molecule has 0 aliphatic rings. The average Bonchev–Trinajstić information content (AvgIpc) is 2.19. The second kappa shape index (κ2) is 4.96. The minimum absolute atomic E-state index is 0.360. The molecule has 0 bridgehead atoms. The molecule has 6 heteroatoms. The molecule has 0 saturated carbocycles. The van der Waals surface area contributed by atoms with Gasteiger partial charge in [0.25, 0.3) is 0 Å². The van der Waals surface area contributed by atoms with Crippen molar-refractivity contribution in [3.63, 3.8) is 0 Å². The molecular weight excluding hydrogens is 303 g/mol. The number of sulfone groups is 1. The Kier molecular flexibility index (Phi) is 4.41. The van der Waals surface area contributed by atoms with Gasteiger partial charge in [-0.15, -0.1) is 11.6 Å². The second-order valence-corrected chi connectivity index (χ2v) is 8.26. The van der Waals surface area contributed by atoms with Crippen LogP contribution < -0.4 is 0 Å². The van der Waals surface area contributed by atoms with Crippen molar-refractivity contribution in [3.05, 3.63) is 33.8 Å². The summed E-state index contributed by atoms with van der Waals surface area (Å²) in [5, 5.41) is 0.0860. The first-order chi connectivity index (χ1) is 7.57. The summed E-state index contributed by atoms with van der Waals surface area (Å²) in [6, 6.07) is 4.88. The smallest absolute Gasteiger partial charge is 0.154 e. The maximum Gasteiger partial charge on any atom is 0.154 e. The zero-order valence-electron chi connectivity index (χ0n) is 9.67. The van der Waals surface area contributed by atoms with Gasteiger partial charge in [-0.05, 0) is 31.5 Å². The summed E-state index contributed by atoms with van der Waals surface area (Å²) in [6.45, 7) is 3.17. The monoisotopic (exact) mass is 314 g/mol. The van der Waals surface area contributed by atoms with Crippen LogP contribution in [0.15, 0.2) is 18.2 Å². The maximum atomic E-state index is 11.7.